The third-order valence-corrected chi connectivity index (χ3v) is 5.08. The third kappa shape index (κ3) is 1.80. The number of hydrogen-bond donors (Lipinski definition) is 0. The van der Waals surface area contributed by atoms with Gasteiger partial charge in [-0.2, -0.15) is 0 Å². The SMILES string of the molecule is CC1C=Cc2c1ncnc2N1CCC2(C=CCCC2)C1. The van der Waals surface area contributed by atoms with Crippen LogP contribution >= 0.6 is 0 Å². The van der Waals surface area contributed by atoms with Gasteiger partial charge in [-0.05, 0) is 25.7 Å². The Hall–Kier alpha value is -1.64. The molecule has 2 unspecified atom stereocenters. The second-order valence-corrected chi connectivity index (χ2v) is 6.47. The van der Waals surface area contributed by atoms with Gasteiger partial charge in [0.15, 0.2) is 0 Å². The zero-order valence-corrected chi connectivity index (χ0v) is 12.0. The second kappa shape index (κ2) is 4.44. The van der Waals surface area contributed by atoms with E-state index in [1.165, 1.54) is 36.9 Å². The molecule has 0 aromatic carbocycles. The molecule has 1 spiro atoms. The van der Waals surface area contributed by atoms with Gasteiger partial charge >= 0.3 is 0 Å². The molecule has 3 aliphatic rings. The van der Waals surface area contributed by atoms with Gasteiger partial charge in [0.25, 0.3) is 0 Å². The van der Waals surface area contributed by atoms with E-state index in [-0.39, 0.29) is 0 Å². The lowest BCUT2D eigenvalue weighted by Gasteiger charge is -2.29. The zero-order valence-electron chi connectivity index (χ0n) is 12.0. The molecule has 1 aromatic rings. The third-order valence-electron chi connectivity index (χ3n) is 5.08. The Morgan fingerprint density at radius 1 is 1.30 bits per heavy atom. The first-order valence-corrected chi connectivity index (χ1v) is 7.73. The van der Waals surface area contributed by atoms with Crippen molar-refractivity contribution >= 4 is 11.9 Å². The van der Waals surface area contributed by atoms with Crippen LogP contribution in [-0.2, 0) is 0 Å². The molecule has 0 amide bonds. The molecule has 1 saturated heterocycles. The molecule has 1 aromatic heterocycles. The summed E-state index contributed by atoms with van der Waals surface area (Å²) in [7, 11) is 0. The lowest BCUT2D eigenvalue weighted by atomic mass is 9.78. The van der Waals surface area contributed by atoms with Crippen molar-refractivity contribution in [3.05, 3.63) is 35.8 Å². The van der Waals surface area contributed by atoms with Crippen molar-refractivity contribution in [2.45, 2.75) is 38.5 Å². The molecule has 4 rings (SSSR count). The zero-order chi connectivity index (χ0) is 13.6. The van der Waals surface area contributed by atoms with Crippen molar-refractivity contribution in [3.8, 4) is 0 Å². The summed E-state index contributed by atoms with van der Waals surface area (Å²) < 4.78 is 0. The summed E-state index contributed by atoms with van der Waals surface area (Å²) in [6, 6.07) is 0. The maximum atomic E-state index is 4.58. The van der Waals surface area contributed by atoms with Gasteiger partial charge in [-0.3, -0.25) is 0 Å². The molecule has 2 aliphatic carbocycles. The molecule has 20 heavy (non-hydrogen) atoms. The van der Waals surface area contributed by atoms with Gasteiger partial charge in [0.1, 0.15) is 12.1 Å². The van der Waals surface area contributed by atoms with E-state index < -0.39 is 0 Å². The number of fused-ring (bicyclic) bond motifs is 1. The van der Waals surface area contributed by atoms with Gasteiger partial charge < -0.3 is 4.90 Å². The molecule has 1 aliphatic heterocycles. The molecule has 0 N–H and O–H groups in total. The van der Waals surface area contributed by atoms with Crippen molar-refractivity contribution < 1.29 is 0 Å². The van der Waals surface area contributed by atoms with Crippen LogP contribution in [0.15, 0.2) is 24.6 Å². The molecule has 3 heteroatoms. The minimum Gasteiger partial charge on any atom is -0.355 e. The number of aromatic nitrogens is 2. The van der Waals surface area contributed by atoms with E-state index in [4.69, 9.17) is 0 Å². The first-order chi connectivity index (χ1) is 9.77. The number of anilines is 1. The van der Waals surface area contributed by atoms with E-state index in [0.29, 0.717) is 11.3 Å². The Labute approximate surface area is 120 Å². The van der Waals surface area contributed by atoms with Crippen molar-refractivity contribution in [2.24, 2.45) is 5.41 Å². The molecule has 1 fully saturated rings. The summed E-state index contributed by atoms with van der Waals surface area (Å²) in [4.78, 5) is 11.5. The number of rotatable bonds is 1. The van der Waals surface area contributed by atoms with Crippen molar-refractivity contribution in [3.63, 3.8) is 0 Å². The summed E-state index contributed by atoms with van der Waals surface area (Å²) in [6.07, 6.45) is 16.2. The quantitative estimate of drug-likeness (QED) is 0.729. The fourth-order valence-electron chi connectivity index (χ4n) is 3.91. The Bertz CT molecular complexity index is 590. The lowest BCUT2D eigenvalue weighted by Crippen LogP contribution is -2.28. The molecular formula is C17H21N3. The second-order valence-electron chi connectivity index (χ2n) is 6.47. The Morgan fingerprint density at radius 3 is 3.10 bits per heavy atom. The molecule has 0 bridgehead atoms. The molecule has 0 saturated carbocycles. The van der Waals surface area contributed by atoms with Crippen LogP contribution < -0.4 is 4.90 Å². The van der Waals surface area contributed by atoms with Crippen LogP contribution in [0.4, 0.5) is 5.82 Å². The van der Waals surface area contributed by atoms with E-state index in [1.807, 2.05) is 0 Å². The normalized spacial score (nSPS) is 31.2. The smallest absolute Gasteiger partial charge is 0.139 e. The van der Waals surface area contributed by atoms with Gasteiger partial charge in [-0.15, -0.1) is 0 Å². The monoisotopic (exact) mass is 267 g/mol. The van der Waals surface area contributed by atoms with Crippen LogP contribution in [0.1, 0.15) is 49.8 Å². The molecular weight excluding hydrogens is 246 g/mol. The summed E-state index contributed by atoms with van der Waals surface area (Å²) in [5, 5.41) is 0. The van der Waals surface area contributed by atoms with Crippen LogP contribution in [0, 0.1) is 5.41 Å². The van der Waals surface area contributed by atoms with E-state index in [9.17, 15) is 0 Å². The van der Waals surface area contributed by atoms with E-state index in [1.54, 1.807) is 6.33 Å². The summed E-state index contributed by atoms with van der Waals surface area (Å²) in [6.45, 7) is 4.44. The minimum atomic E-state index is 0.407. The predicted molar refractivity (Wildman–Crippen MR) is 81.7 cm³/mol. The molecule has 104 valence electrons. The molecule has 2 heterocycles. The number of allylic oxidation sites excluding steroid dienone is 2. The van der Waals surface area contributed by atoms with E-state index in [0.717, 1.165) is 18.9 Å². The first-order valence-electron chi connectivity index (χ1n) is 7.73. The van der Waals surface area contributed by atoms with Crippen LogP contribution in [0.3, 0.4) is 0 Å². The fraction of sp³-hybridized carbons (Fsp3) is 0.529. The van der Waals surface area contributed by atoms with Gasteiger partial charge in [0, 0.05) is 30.0 Å². The van der Waals surface area contributed by atoms with Gasteiger partial charge in [0.2, 0.25) is 0 Å². The Morgan fingerprint density at radius 2 is 2.25 bits per heavy atom. The topological polar surface area (TPSA) is 29.0 Å². The van der Waals surface area contributed by atoms with Crippen molar-refractivity contribution in [1.82, 2.24) is 9.97 Å². The van der Waals surface area contributed by atoms with Crippen molar-refractivity contribution in [2.75, 3.05) is 18.0 Å². The predicted octanol–water partition coefficient (Wildman–Crippen LogP) is 3.54. The van der Waals surface area contributed by atoms with Gasteiger partial charge in [0.05, 0.1) is 5.69 Å². The Kier molecular flexibility index (Phi) is 2.69. The average molecular weight is 267 g/mol. The van der Waals surface area contributed by atoms with E-state index in [2.05, 4.69) is 46.1 Å². The van der Waals surface area contributed by atoms with Crippen LogP contribution in [0.2, 0.25) is 0 Å². The van der Waals surface area contributed by atoms with Crippen LogP contribution in [-0.4, -0.2) is 23.1 Å². The maximum absolute atomic E-state index is 4.58. The number of nitrogens with zero attached hydrogens (tertiary/aromatic N) is 3. The average Bonchev–Trinajstić information content (AvgIpc) is 3.05. The first kappa shape index (κ1) is 12.1. The number of hydrogen-bond acceptors (Lipinski definition) is 3. The largest absolute Gasteiger partial charge is 0.355 e. The highest BCUT2D eigenvalue weighted by Gasteiger charge is 2.38. The lowest BCUT2D eigenvalue weighted by molar-refractivity contribution is 0.368. The summed E-state index contributed by atoms with van der Waals surface area (Å²) in [5.74, 6) is 1.57. The molecule has 0 radical (unpaired) electrons. The van der Waals surface area contributed by atoms with Crippen LogP contribution in [0.25, 0.3) is 6.08 Å². The molecule has 3 nitrogen and oxygen atoms in total. The Balaban J connectivity index is 1.66. The van der Waals surface area contributed by atoms with E-state index >= 15 is 0 Å². The highest BCUT2D eigenvalue weighted by Crippen LogP contribution is 2.43. The minimum absolute atomic E-state index is 0.407. The fourth-order valence-corrected chi connectivity index (χ4v) is 3.91. The van der Waals surface area contributed by atoms with Crippen LogP contribution in [0.5, 0.6) is 0 Å². The van der Waals surface area contributed by atoms with Gasteiger partial charge in [-0.25, -0.2) is 9.97 Å². The summed E-state index contributed by atoms with van der Waals surface area (Å²) in [5.41, 5.74) is 2.84. The van der Waals surface area contributed by atoms with Crippen molar-refractivity contribution in [1.29, 1.82) is 0 Å². The highest BCUT2D eigenvalue weighted by molar-refractivity contribution is 5.71. The standard InChI is InChI=1S/C17H21N3/c1-13-5-6-14-15(13)18-12-19-16(14)20-10-9-17(11-20)7-3-2-4-8-17/h3,5-7,12-13H,2,4,8-11H2,1H3. The van der Waals surface area contributed by atoms with Gasteiger partial charge in [-0.1, -0.05) is 31.2 Å². The highest BCUT2D eigenvalue weighted by atomic mass is 15.2. The summed E-state index contributed by atoms with van der Waals surface area (Å²) >= 11 is 0. The maximum Gasteiger partial charge on any atom is 0.139 e. The molecule has 2 atom stereocenters.